The summed E-state index contributed by atoms with van der Waals surface area (Å²) in [6.45, 7) is 4.62. The third-order valence-electron chi connectivity index (χ3n) is 8.36. The lowest BCUT2D eigenvalue weighted by Gasteiger charge is -2.57. The number of hydrogen-bond donors (Lipinski definition) is 0. The van der Waals surface area contributed by atoms with E-state index in [1.54, 1.807) is 11.1 Å². The summed E-state index contributed by atoms with van der Waals surface area (Å²) < 4.78 is 0. The Balaban J connectivity index is 1.75. The van der Waals surface area contributed by atoms with E-state index in [-0.39, 0.29) is 10.8 Å². The summed E-state index contributed by atoms with van der Waals surface area (Å²) in [5, 5.41) is 5.68. The van der Waals surface area contributed by atoms with Gasteiger partial charge in [0.2, 0.25) is 0 Å². The third-order valence-corrected chi connectivity index (χ3v) is 8.36. The highest BCUT2D eigenvalue weighted by molar-refractivity contribution is 6.10. The fraction of sp³-hybridized carbons (Fsp3) is 0.133. The van der Waals surface area contributed by atoms with Crippen LogP contribution in [0.25, 0.3) is 21.5 Å². The van der Waals surface area contributed by atoms with Crippen LogP contribution in [0.1, 0.15) is 44.5 Å². The van der Waals surface area contributed by atoms with Gasteiger partial charge in [0.05, 0.1) is 10.8 Å². The molecule has 0 atom stereocenters. The molecular formula is C30H20. The molecule has 0 aromatic heterocycles. The van der Waals surface area contributed by atoms with Gasteiger partial charge >= 0.3 is 0 Å². The Morgan fingerprint density at radius 2 is 0.767 bits per heavy atom. The first-order valence-corrected chi connectivity index (χ1v) is 10.9. The normalized spacial score (nSPS) is 23.9. The standard InChI is InChI=1S/C30H20/c1-17-15-16-18(2)28-27(17)29-21-11-3-7-19-9-5-13-23(25(19)21)30(28,29)24-14-6-10-20-8-4-12-22(29)26(20)24/h3-16H,1-2H3. The van der Waals surface area contributed by atoms with Gasteiger partial charge in [-0.15, -0.1) is 0 Å². The molecule has 5 aromatic rings. The maximum atomic E-state index is 2.41. The van der Waals surface area contributed by atoms with Gasteiger partial charge in [-0.1, -0.05) is 84.9 Å². The van der Waals surface area contributed by atoms with Gasteiger partial charge in [0.1, 0.15) is 0 Å². The first kappa shape index (κ1) is 15.5. The fourth-order valence-corrected chi connectivity index (χ4v) is 7.66. The first-order chi connectivity index (χ1) is 14.7. The van der Waals surface area contributed by atoms with E-state index >= 15 is 0 Å². The fourth-order valence-electron chi connectivity index (χ4n) is 7.66. The predicted molar refractivity (Wildman–Crippen MR) is 124 cm³/mol. The van der Waals surface area contributed by atoms with Gasteiger partial charge < -0.3 is 0 Å². The highest BCUT2D eigenvalue weighted by Gasteiger charge is 2.74. The number of fused-ring (bicyclic) bond motifs is 1. The lowest BCUT2D eigenvalue weighted by atomic mass is 9.43. The minimum absolute atomic E-state index is 0.106. The molecular weight excluding hydrogens is 360 g/mol. The smallest absolute Gasteiger partial charge is 0.0613 e. The molecule has 0 nitrogen and oxygen atoms in total. The van der Waals surface area contributed by atoms with Crippen molar-refractivity contribution in [2.75, 3.05) is 0 Å². The van der Waals surface area contributed by atoms with E-state index in [1.165, 1.54) is 54.9 Å². The van der Waals surface area contributed by atoms with Gasteiger partial charge in [0.25, 0.3) is 0 Å². The second-order valence-electron chi connectivity index (χ2n) is 9.37. The molecule has 0 unspecified atom stereocenters. The van der Waals surface area contributed by atoms with Crippen LogP contribution < -0.4 is 0 Å². The van der Waals surface area contributed by atoms with Crippen molar-refractivity contribution in [1.29, 1.82) is 0 Å². The molecule has 8 rings (SSSR count). The number of benzene rings is 5. The maximum absolute atomic E-state index is 2.41. The first-order valence-electron chi connectivity index (χ1n) is 10.9. The molecule has 30 heavy (non-hydrogen) atoms. The minimum atomic E-state index is -0.106. The average molecular weight is 380 g/mol. The van der Waals surface area contributed by atoms with Gasteiger partial charge in [-0.3, -0.25) is 0 Å². The van der Waals surface area contributed by atoms with Gasteiger partial charge in [-0.05, 0) is 79.9 Å². The van der Waals surface area contributed by atoms with Gasteiger partial charge in [-0.2, -0.15) is 0 Å². The summed E-state index contributed by atoms with van der Waals surface area (Å²) in [7, 11) is 0. The van der Waals surface area contributed by atoms with Crippen LogP contribution in [0.5, 0.6) is 0 Å². The average Bonchev–Trinajstić information content (AvgIpc) is 3.09. The summed E-state index contributed by atoms with van der Waals surface area (Å²) in [6.07, 6.45) is 0. The van der Waals surface area contributed by atoms with Crippen LogP contribution in [-0.2, 0) is 10.8 Å². The van der Waals surface area contributed by atoms with E-state index in [0.29, 0.717) is 0 Å². The summed E-state index contributed by atoms with van der Waals surface area (Å²) in [6, 6.07) is 32.5. The Labute approximate surface area is 175 Å². The van der Waals surface area contributed by atoms with Crippen LogP contribution in [0, 0.1) is 13.8 Å². The molecule has 0 heterocycles. The monoisotopic (exact) mass is 380 g/mol. The number of rotatable bonds is 0. The van der Waals surface area contributed by atoms with Crippen LogP contribution >= 0.6 is 0 Å². The van der Waals surface area contributed by atoms with E-state index in [9.17, 15) is 0 Å². The second kappa shape index (κ2) is 4.52. The van der Waals surface area contributed by atoms with Crippen molar-refractivity contribution in [1.82, 2.24) is 0 Å². The Bertz CT molecular complexity index is 1420. The van der Waals surface area contributed by atoms with Crippen LogP contribution in [0.15, 0.2) is 84.9 Å². The molecule has 0 bridgehead atoms. The molecule has 140 valence electrons. The van der Waals surface area contributed by atoms with Crippen molar-refractivity contribution in [3.8, 4) is 0 Å². The van der Waals surface area contributed by atoms with Crippen molar-refractivity contribution in [3.63, 3.8) is 0 Å². The largest absolute Gasteiger partial charge is 0.0647 e. The Morgan fingerprint density at radius 3 is 1.10 bits per heavy atom. The zero-order valence-electron chi connectivity index (χ0n) is 17.1. The van der Waals surface area contributed by atoms with Crippen LogP contribution in [-0.4, -0.2) is 0 Å². The maximum Gasteiger partial charge on any atom is 0.0647 e. The van der Waals surface area contributed by atoms with E-state index < -0.39 is 0 Å². The van der Waals surface area contributed by atoms with Gasteiger partial charge in [0, 0.05) is 0 Å². The van der Waals surface area contributed by atoms with E-state index in [2.05, 4.69) is 98.8 Å². The van der Waals surface area contributed by atoms with E-state index in [0.717, 1.165) is 0 Å². The molecule has 0 heteroatoms. The van der Waals surface area contributed by atoms with Crippen LogP contribution in [0.4, 0.5) is 0 Å². The summed E-state index contributed by atoms with van der Waals surface area (Å²) in [4.78, 5) is 0. The molecule has 0 fully saturated rings. The van der Waals surface area contributed by atoms with Crippen molar-refractivity contribution in [2.24, 2.45) is 0 Å². The zero-order valence-corrected chi connectivity index (χ0v) is 17.1. The molecule has 0 spiro atoms. The van der Waals surface area contributed by atoms with Gasteiger partial charge in [-0.25, -0.2) is 0 Å². The molecule has 0 aliphatic heterocycles. The Morgan fingerprint density at radius 1 is 0.433 bits per heavy atom. The van der Waals surface area contributed by atoms with E-state index in [4.69, 9.17) is 0 Å². The lowest BCUT2D eigenvalue weighted by molar-refractivity contribution is 0.388. The molecule has 3 aliphatic rings. The van der Waals surface area contributed by atoms with Crippen molar-refractivity contribution in [3.05, 3.63) is 129 Å². The van der Waals surface area contributed by atoms with Crippen molar-refractivity contribution >= 4 is 21.5 Å². The van der Waals surface area contributed by atoms with Crippen molar-refractivity contribution < 1.29 is 0 Å². The second-order valence-corrected chi connectivity index (χ2v) is 9.37. The topological polar surface area (TPSA) is 0 Å². The zero-order chi connectivity index (χ0) is 19.8. The molecule has 0 saturated heterocycles. The van der Waals surface area contributed by atoms with Crippen molar-refractivity contribution in [2.45, 2.75) is 24.7 Å². The van der Waals surface area contributed by atoms with Crippen LogP contribution in [0.3, 0.4) is 0 Å². The predicted octanol–water partition coefficient (Wildman–Crippen LogP) is 6.92. The summed E-state index contributed by atoms with van der Waals surface area (Å²) in [5.41, 5.74) is 11.7. The molecule has 0 radical (unpaired) electrons. The summed E-state index contributed by atoms with van der Waals surface area (Å²) in [5.74, 6) is 0. The SMILES string of the molecule is Cc1ccc(C)c2c1C13c4cccc5cccc(c45)C21c1cccc2cccc3c12. The molecule has 3 aliphatic carbocycles. The van der Waals surface area contributed by atoms with Crippen LogP contribution in [0.2, 0.25) is 0 Å². The highest BCUT2D eigenvalue weighted by Crippen LogP contribution is 2.78. The summed E-state index contributed by atoms with van der Waals surface area (Å²) >= 11 is 0. The minimum Gasteiger partial charge on any atom is -0.0613 e. The van der Waals surface area contributed by atoms with E-state index in [1.807, 2.05) is 0 Å². The molecule has 0 amide bonds. The molecule has 0 saturated carbocycles. The molecule has 5 aromatic carbocycles. The Hall–Kier alpha value is -3.38. The number of hydrogen-bond acceptors (Lipinski definition) is 0. The lowest BCUT2D eigenvalue weighted by Crippen LogP contribution is -2.56. The quantitative estimate of drug-likeness (QED) is 0.273. The Kier molecular flexibility index (Phi) is 2.33. The third kappa shape index (κ3) is 1.21. The molecule has 0 N–H and O–H groups in total. The number of aryl methyl sites for hydroxylation is 2. The van der Waals surface area contributed by atoms with Gasteiger partial charge in [0.15, 0.2) is 0 Å². The highest BCUT2D eigenvalue weighted by atomic mass is 14.7.